The minimum absolute atomic E-state index is 0.0698. The predicted octanol–water partition coefficient (Wildman–Crippen LogP) is 3.54. The van der Waals surface area contributed by atoms with Gasteiger partial charge in [-0.2, -0.15) is 0 Å². The molecule has 0 aromatic heterocycles. The highest BCUT2D eigenvalue weighted by atomic mass is 35.5. The van der Waals surface area contributed by atoms with Crippen LogP contribution in [-0.4, -0.2) is 48.8 Å². The number of carbonyl (C=O) groups is 4. The van der Waals surface area contributed by atoms with Gasteiger partial charge >= 0.3 is 5.97 Å². The Kier molecular flexibility index (Phi) is 6.46. The second-order valence-corrected chi connectivity index (χ2v) is 8.11. The lowest BCUT2D eigenvalue weighted by Gasteiger charge is -2.26. The molecule has 0 atom stereocenters. The third kappa shape index (κ3) is 4.47. The van der Waals surface area contributed by atoms with Crippen molar-refractivity contribution in [3.63, 3.8) is 0 Å². The number of nitrogens with one attached hydrogen (secondary N) is 1. The number of esters is 1. The molecule has 1 fully saturated rings. The summed E-state index contributed by atoms with van der Waals surface area (Å²) < 4.78 is 4.66. The van der Waals surface area contributed by atoms with Crippen LogP contribution in [0.25, 0.3) is 0 Å². The van der Waals surface area contributed by atoms with Crippen molar-refractivity contribution in [3.8, 4) is 0 Å². The van der Waals surface area contributed by atoms with Gasteiger partial charge in [0.1, 0.15) is 10.7 Å². The number of nitrogens with zero attached hydrogens (tertiary/aromatic N) is 2. The summed E-state index contributed by atoms with van der Waals surface area (Å²) in [7, 11) is 1.26. The monoisotopic (exact) mass is 467 g/mol. The minimum atomic E-state index is -0.685. The molecule has 9 heteroatoms. The molecule has 170 valence electrons. The lowest BCUT2D eigenvalue weighted by Crippen LogP contribution is -2.35. The summed E-state index contributed by atoms with van der Waals surface area (Å²) in [5.74, 6) is -1.92. The Labute approximate surface area is 195 Å². The number of carbonyl (C=O) groups excluding carboxylic acids is 4. The van der Waals surface area contributed by atoms with E-state index in [-0.39, 0.29) is 27.9 Å². The molecule has 2 aliphatic heterocycles. The maximum atomic E-state index is 13.0. The molecular weight excluding hydrogens is 446 g/mol. The first-order valence-electron chi connectivity index (χ1n) is 10.5. The van der Waals surface area contributed by atoms with Crippen molar-refractivity contribution in [2.24, 2.45) is 0 Å². The Hall–Kier alpha value is -3.65. The van der Waals surface area contributed by atoms with Crippen molar-refractivity contribution >= 4 is 46.7 Å². The van der Waals surface area contributed by atoms with E-state index >= 15 is 0 Å². The Balaban J connectivity index is 1.53. The van der Waals surface area contributed by atoms with Gasteiger partial charge in [0.2, 0.25) is 0 Å². The molecule has 2 aromatic carbocycles. The fraction of sp³-hybridized carbons (Fsp3) is 0.250. The van der Waals surface area contributed by atoms with Gasteiger partial charge in [-0.1, -0.05) is 17.7 Å². The summed E-state index contributed by atoms with van der Waals surface area (Å²) >= 11 is 6.20. The van der Waals surface area contributed by atoms with Crippen LogP contribution in [0.5, 0.6) is 0 Å². The molecule has 2 aromatic rings. The highest BCUT2D eigenvalue weighted by Crippen LogP contribution is 2.30. The number of methoxy groups -OCH3 is 1. The van der Waals surface area contributed by atoms with Crippen LogP contribution in [-0.2, 0) is 14.3 Å². The molecule has 0 saturated carbocycles. The van der Waals surface area contributed by atoms with Crippen LogP contribution in [0.15, 0.2) is 59.3 Å². The molecule has 0 aliphatic carbocycles. The van der Waals surface area contributed by atoms with Gasteiger partial charge in [0.05, 0.1) is 18.4 Å². The topological polar surface area (TPSA) is 96.0 Å². The van der Waals surface area contributed by atoms with Crippen LogP contribution in [0.3, 0.4) is 0 Å². The molecule has 1 saturated heterocycles. The van der Waals surface area contributed by atoms with Gasteiger partial charge < -0.3 is 15.0 Å². The van der Waals surface area contributed by atoms with Crippen LogP contribution in [0.4, 0.5) is 11.4 Å². The largest absolute Gasteiger partial charge is 0.465 e. The van der Waals surface area contributed by atoms with E-state index in [0.717, 1.165) is 37.3 Å². The zero-order valence-corrected chi connectivity index (χ0v) is 18.7. The van der Waals surface area contributed by atoms with Crippen molar-refractivity contribution < 1.29 is 23.9 Å². The van der Waals surface area contributed by atoms with Crippen LogP contribution in [0.2, 0.25) is 0 Å². The van der Waals surface area contributed by atoms with E-state index in [1.165, 1.54) is 31.4 Å². The summed E-state index contributed by atoms with van der Waals surface area (Å²) in [6, 6.07) is 12.6. The Morgan fingerprint density at radius 3 is 2.30 bits per heavy atom. The Morgan fingerprint density at radius 1 is 0.939 bits per heavy atom. The number of amides is 3. The lowest BCUT2D eigenvalue weighted by molar-refractivity contribution is -0.120. The number of piperidine rings is 1. The van der Waals surface area contributed by atoms with Gasteiger partial charge in [-0.15, -0.1) is 0 Å². The third-order valence-corrected chi connectivity index (χ3v) is 5.95. The molecule has 0 unspecified atom stereocenters. The van der Waals surface area contributed by atoms with Crippen LogP contribution >= 0.6 is 11.6 Å². The van der Waals surface area contributed by atoms with Gasteiger partial charge in [-0.3, -0.25) is 14.4 Å². The molecule has 33 heavy (non-hydrogen) atoms. The maximum Gasteiger partial charge on any atom is 0.337 e. The molecule has 2 heterocycles. The average Bonchev–Trinajstić information content (AvgIpc) is 3.07. The predicted molar refractivity (Wildman–Crippen MR) is 123 cm³/mol. The molecule has 3 amide bonds. The van der Waals surface area contributed by atoms with Crippen molar-refractivity contribution in [2.45, 2.75) is 19.3 Å². The molecule has 4 rings (SSSR count). The van der Waals surface area contributed by atoms with E-state index in [9.17, 15) is 19.2 Å². The zero-order chi connectivity index (χ0) is 23.5. The summed E-state index contributed by atoms with van der Waals surface area (Å²) in [5, 5.41) is 2.64. The third-order valence-electron chi connectivity index (χ3n) is 5.60. The van der Waals surface area contributed by atoms with E-state index in [1.807, 2.05) is 4.90 Å². The zero-order valence-electron chi connectivity index (χ0n) is 18.0. The first kappa shape index (κ1) is 22.5. The van der Waals surface area contributed by atoms with Gasteiger partial charge in [-0.25, -0.2) is 9.69 Å². The number of rotatable bonds is 5. The normalized spacial score (nSPS) is 16.3. The molecule has 2 aliphatic rings. The van der Waals surface area contributed by atoms with E-state index in [1.54, 1.807) is 24.3 Å². The van der Waals surface area contributed by atoms with Crippen molar-refractivity contribution in [1.82, 2.24) is 4.90 Å². The molecular formula is C24H22ClN3O5. The fourth-order valence-electron chi connectivity index (χ4n) is 3.86. The van der Waals surface area contributed by atoms with E-state index in [4.69, 9.17) is 11.6 Å². The van der Waals surface area contributed by atoms with Gasteiger partial charge in [0, 0.05) is 24.3 Å². The molecule has 0 spiro atoms. The van der Waals surface area contributed by atoms with Crippen LogP contribution in [0, 0.1) is 0 Å². The first-order chi connectivity index (χ1) is 15.9. The molecule has 8 nitrogen and oxygen atoms in total. The van der Waals surface area contributed by atoms with Gasteiger partial charge in [0.25, 0.3) is 17.7 Å². The molecule has 1 N–H and O–H groups in total. The van der Waals surface area contributed by atoms with E-state index < -0.39 is 17.8 Å². The summed E-state index contributed by atoms with van der Waals surface area (Å²) in [6.45, 7) is 1.45. The fourth-order valence-corrected chi connectivity index (χ4v) is 4.08. The smallest absolute Gasteiger partial charge is 0.337 e. The number of imide groups is 1. The van der Waals surface area contributed by atoms with Crippen LogP contribution < -0.4 is 10.2 Å². The Morgan fingerprint density at radius 2 is 1.64 bits per heavy atom. The second kappa shape index (κ2) is 9.46. The number of hydrogen-bond acceptors (Lipinski definition) is 6. The van der Waals surface area contributed by atoms with Crippen molar-refractivity contribution in [1.29, 1.82) is 0 Å². The molecule has 0 bridgehead atoms. The molecule has 0 radical (unpaired) electrons. The maximum absolute atomic E-state index is 13.0. The lowest BCUT2D eigenvalue weighted by atomic mass is 10.1. The second-order valence-electron chi connectivity index (χ2n) is 7.73. The summed E-state index contributed by atoms with van der Waals surface area (Å²) in [5.41, 5.74) is 1.43. The van der Waals surface area contributed by atoms with E-state index in [2.05, 4.69) is 10.1 Å². The van der Waals surface area contributed by atoms with Crippen molar-refractivity contribution in [2.75, 3.05) is 30.4 Å². The first-order valence-corrected chi connectivity index (χ1v) is 10.9. The summed E-state index contributed by atoms with van der Waals surface area (Å²) in [4.78, 5) is 52.9. The SMILES string of the molecule is COC(=O)c1ccc(N2C(=O)C(Cl)=C(Nc3cccc(C(=O)N4CCCCC4)c3)C2=O)cc1. The number of halogens is 1. The van der Waals surface area contributed by atoms with Gasteiger partial charge in [0.15, 0.2) is 0 Å². The quantitative estimate of drug-likeness (QED) is 0.533. The number of hydrogen-bond donors (Lipinski definition) is 1. The number of ether oxygens (including phenoxy) is 1. The number of likely N-dealkylation sites (tertiary alicyclic amines) is 1. The summed E-state index contributed by atoms with van der Waals surface area (Å²) in [6.07, 6.45) is 3.09. The van der Waals surface area contributed by atoms with E-state index in [0.29, 0.717) is 11.3 Å². The Bertz CT molecular complexity index is 1150. The minimum Gasteiger partial charge on any atom is -0.465 e. The average molecular weight is 468 g/mol. The number of benzene rings is 2. The van der Waals surface area contributed by atoms with Crippen LogP contribution in [0.1, 0.15) is 40.0 Å². The van der Waals surface area contributed by atoms with Crippen molar-refractivity contribution in [3.05, 3.63) is 70.4 Å². The highest BCUT2D eigenvalue weighted by Gasteiger charge is 2.39. The van der Waals surface area contributed by atoms with Gasteiger partial charge in [-0.05, 0) is 61.7 Å². The number of anilines is 2. The standard InChI is InChI=1S/C24H22ClN3O5/c1-33-24(32)15-8-10-18(11-9-15)28-22(30)19(25)20(23(28)31)26-17-7-5-6-16(14-17)21(29)27-12-3-2-4-13-27/h5-11,14,26H,2-4,12-13H2,1H3. The highest BCUT2D eigenvalue weighted by molar-refractivity contribution is 6.53.